The number of nitrogens with zero attached hydrogens (tertiary/aromatic N) is 1. The molecule has 1 aliphatic rings. The number of aliphatic hydroxyl groups excluding tert-OH is 1. The van der Waals surface area contributed by atoms with Gasteiger partial charge in [-0.25, -0.2) is 4.98 Å². The molecule has 0 spiro atoms. The van der Waals surface area contributed by atoms with Crippen LogP contribution in [0.4, 0.5) is 5.69 Å². The lowest BCUT2D eigenvalue weighted by molar-refractivity contribution is 0.197. The highest BCUT2D eigenvalue weighted by molar-refractivity contribution is 7.18. The van der Waals surface area contributed by atoms with Gasteiger partial charge in [-0.2, -0.15) is 0 Å². The Balaban J connectivity index is 2.20. The molecule has 0 aromatic carbocycles. The van der Waals surface area contributed by atoms with Crippen LogP contribution in [0, 0.1) is 6.92 Å². The maximum atomic E-state index is 8.87. The molecule has 0 saturated heterocycles. The molecule has 0 fully saturated rings. The van der Waals surface area contributed by atoms with Crippen molar-refractivity contribution in [3.8, 4) is 5.88 Å². The summed E-state index contributed by atoms with van der Waals surface area (Å²) in [6.07, 6.45) is 4.07. The zero-order valence-corrected chi connectivity index (χ0v) is 10.9. The van der Waals surface area contributed by atoms with Gasteiger partial charge in [0.05, 0.1) is 17.9 Å². The maximum Gasteiger partial charge on any atom is 0.224 e. The lowest BCUT2D eigenvalue weighted by Crippen LogP contribution is -2.10. The SMILES string of the molecule is Cc1cc2c3c(c(OCCO)nc2s1)C=CCN3. The fourth-order valence-electron chi connectivity index (χ4n) is 2.10. The number of nitrogens with one attached hydrogen (secondary N) is 1. The molecule has 1 aliphatic heterocycles. The number of aryl methyl sites for hydroxylation is 1. The highest BCUT2D eigenvalue weighted by Crippen LogP contribution is 2.38. The minimum atomic E-state index is -0.00486. The molecule has 5 heteroatoms. The maximum absolute atomic E-state index is 8.87. The Labute approximate surface area is 109 Å². The van der Waals surface area contributed by atoms with Crippen molar-refractivity contribution in [3.05, 3.63) is 22.6 Å². The monoisotopic (exact) mass is 262 g/mol. The summed E-state index contributed by atoms with van der Waals surface area (Å²) in [6, 6.07) is 2.15. The van der Waals surface area contributed by atoms with Gasteiger partial charge in [-0.15, -0.1) is 11.3 Å². The summed E-state index contributed by atoms with van der Waals surface area (Å²) in [7, 11) is 0. The summed E-state index contributed by atoms with van der Waals surface area (Å²) in [4.78, 5) is 6.75. The minimum absolute atomic E-state index is 0.00486. The van der Waals surface area contributed by atoms with E-state index in [0.717, 1.165) is 28.0 Å². The average molecular weight is 262 g/mol. The molecule has 0 amide bonds. The van der Waals surface area contributed by atoms with Crippen molar-refractivity contribution < 1.29 is 9.84 Å². The minimum Gasteiger partial charge on any atom is -0.475 e. The van der Waals surface area contributed by atoms with E-state index in [-0.39, 0.29) is 13.2 Å². The number of thiophene rings is 1. The molecule has 0 unspecified atom stereocenters. The molecule has 0 bridgehead atoms. The van der Waals surface area contributed by atoms with E-state index in [0.29, 0.717) is 5.88 Å². The van der Waals surface area contributed by atoms with Crippen LogP contribution in [0.2, 0.25) is 0 Å². The third-order valence-corrected chi connectivity index (χ3v) is 3.76. The average Bonchev–Trinajstić information content (AvgIpc) is 2.76. The summed E-state index contributed by atoms with van der Waals surface area (Å²) in [5, 5.41) is 13.4. The molecule has 2 aromatic rings. The molecule has 0 saturated carbocycles. The van der Waals surface area contributed by atoms with Crippen LogP contribution >= 0.6 is 11.3 Å². The molecule has 0 radical (unpaired) electrons. The lowest BCUT2D eigenvalue weighted by Gasteiger charge is -2.17. The predicted molar refractivity (Wildman–Crippen MR) is 74.5 cm³/mol. The van der Waals surface area contributed by atoms with Gasteiger partial charge in [0.15, 0.2) is 0 Å². The quantitative estimate of drug-likeness (QED) is 0.892. The highest BCUT2D eigenvalue weighted by atomic mass is 32.1. The molecule has 2 N–H and O–H groups in total. The summed E-state index contributed by atoms with van der Waals surface area (Å²) in [5.41, 5.74) is 2.06. The van der Waals surface area contributed by atoms with Crippen LogP contribution in [0.15, 0.2) is 12.1 Å². The Morgan fingerprint density at radius 1 is 1.56 bits per heavy atom. The van der Waals surface area contributed by atoms with Crippen molar-refractivity contribution in [2.24, 2.45) is 0 Å². The van der Waals surface area contributed by atoms with Gasteiger partial charge in [-0.3, -0.25) is 0 Å². The third-order valence-electron chi connectivity index (χ3n) is 2.82. The molecule has 0 atom stereocenters. The van der Waals surface area contributed by atoms with Crippen LogP contribution in [-0.2, 0) is 0 Å². The number of anilines is 1. The van der Waals surface area contributed by atoms with Gasteiger partial charge in [0, 0.05) is 16.8 Å². The Morgan fingerprint density at radius 2 is 2.44 bits per heavy atom. The second kappa shape index (κ2) is 4.59. The first-order valence-corrected chi connectivity index (χ1v) is 6.69. The smallest absolute Gasteiger partial charge is 0.224 e. The predicted octanol–water partition coefficient (Wildman–Crippen LogP) is 2.41. The normalized spacial score (nSPS) is 13.4. The number of aromatic nitrogens is 1. The first-order chi connectivity index (χ1) is 8.79. The summed E-state index contributed by atoms with van der Waals surface area (Å²) in [6.45, 7) is 3.16. The number of aliphatic hydroxyl groups is 1. The standard InChI is InChI=1S/C13H14N2O2S/c1-8-7-10-11-9(3-2-4-14-11)12(17-6-5-16)15-13(10)18-8/h2-3,7,14,16H,4-6H2,1H3. The first kappa shape index (κ1) is 11.5. The molecule has 94 valence electrons. The number of ether oxygens (including phenoxy) is 1. The van der Waals surface area contributed by atoms with Crippen LogP contribution in [0.1, 0.15) is 10.4 Å². The topological polar surface area (TPSA) is 54.4 Å². The number of hydrogen-bond donors (Lipinski definition) is 2. The van der Waals surface area contributed by atoms with Crippen molar-refractivity contribution >= 4 is 33.3 Å². The van der Waals surface area contributed by atoms with Crippen molar-refractivity contribution in [1.82, 2.24) is 4.98 Å². The van der Waals surface area contributed by atoms with Gasteiger partial charge in [0.2, 0.25) is 5.88 Å². The molecule has 0 aliphatic carbocycles. The fraction of sp³-hybridized carbons (Fsp3) is 0.308. The highest BCUT2D eigenvalue weighted by Gasteiger charge is 2.17. The van der Waals surface area contributed by atoms with Gasteiger partial charge in [0.1, 0.15) is 11.4 Å². The van der Waals surface area contributed by atoms with E-state index in [1.807, 2.05) is 12.2 Å². The zero-order chi connectivity index (χ0) is 12.5. The lowest BCUT2D eigenvalue weighted by atomic mass is 10.1. The van der Waals surface area contributed by atoms with E-state index < -0.39 is 0 Å². The van der Waals surface area contributed by atoms with Gasteiger partial charge in [-0.05, 0) is 19.1 Å². The van der Waals surface area contributed by atoms with Crippen molar-refractivity contribution in [2.75, 3.05) is 25.1 Å². The Bertz CT molecular complexity index is 619. The first-order valence-electron chi connectivity index (χ1n) is 5.88. The van der Waals surface area contributed by atoms with E-state index in [9.17, 15) is 0 Å². The third kappa shape index (κ3) is 1.85. The van der Waals surface area contributed by atoms with Crippen LogP contribution in [-0.4, -0.2) is 29.8 Å². The van der Waals surface area contributed by atoms with Gasteiger partial charge < -0.3 is 15.2 Å². The van der Waals surface area contributed by atoms with Gasteiger partial charge >= 0.3 is 0 Å². The molecular formula is C13H14N2O2S. The molecule has 3 heterocycles. The van der Waals surface area contributed by atoms with E-state index in [1.54, 1.807) is 11.3 Å². The van der Waals surface area contributed by atoms with Crippen LogP contribution < -0.4 is 10.1 Å². The second-order valence-electron chi connectivity index (χ2n) is 4.14. The largest absolute Gasteiger partial charge is 0.475 e. The Kier molecular flexibility index (Phi) is 2.93. The Morgan fingerprint density at radius 3 is 3.28 bits per heavy atom. The van der Waals surface area contributed by atoms with E-state index >= 15 is 0 Å². The molecule has 3 rings (SSSR count). The van der Waals surface area contributed by atoms with Crippen LogP contribution in [0.25, 0.3) is 16.3 Å². The van der Waals surface area contributed by atoms with Crippen LogP contribution in [0.3, 0.4) is 0 Å². The van der Waals surface area contributed by atoms with E-state index in [1.165, 1.54) is 4.88 Å². The van der Waals surface area contributed by atoms with Gasteiger partial charge in [0.25, 0.3) is 0 Å². The summed E-state index contributed by atoms with van der Waals surface area (Å²) < 4.78 is 5.53. The van der Waals surface area contributed by atoms with Crippen molar-refractivity contribution in [1.29, 1.82) is 0 Å². The summed E-state index contributed by atoms with van der Waals surface area (Å²) >= 11 is 1.65. The second-order valence-corrected chi connectivity index (χ2v) is 5.37. The van der Waals surface area contributed by atoms with Crippen molar-refractivity contribution in [2.45, 2.75) is 6.92 Å². The molecule has 4 nitrogen and oxygen atoms in total. The molecule has 18 heavy (non-hydrogen) atoms. The van der Waals surface area contributed by atoms with E-state index in [4.69, 9.17) is 9.84 Å². The Hall–Kier alpha value is -1.59. The zero-order valence-electron chi connectivity index (χ0n) is 10.1. The summed E-state index contributed by atoms with van der Waals surface area (Å²) in [5.74, 6) is 0.594. The number of pyridine rings is 1. The number of rotatable bonds is 3. The van der Waals surface area contributed by atoms with Crippen LogP contribution in [0.5, 0.6) is 5.88 Å². The van der Waals surface area contributed by atoms with E-state index in [2.05, 4.69) is 23.3 Å². The number of hydrogen-bond acceptors (Lipinski definition) is 5. The number of fused-ring (bicyclic) bond motifs is 3. The van der Waals surface area contributed by atoms with Crippen molar-refractivity contribution in [3.63, 3.8) is 0 Å². The molecular weight excluding hydrogens is 248 g/mol. The van der Waals surface area contributed by atoms with Gasteiger partial charge in [-0.1, -0.05) is 6.08 Å². The molecule has 2 aromatic heterocycles. The fourth-order valence-corrected chi connectivity index (χ4v) is 2.98.